The van der Waals surface area contributed by atoms with E-state index in [1.165, 1.54) is 11.8 Å². The van der Waals surface area contributed by atoms with Gasteiger partial charge in [0.2, 0.25) is 21.8 Å². The molecule has 0 saturated carbocycles. The van der Waals surface area contributed by atoms with Gasteiger partial charge >= 0.3 is 0 Å². The molecule has 4 aromatic rings. The van der Waals surface area contributed by atoms with Crippen LogP contribution in [-0.2, 0) is 15.8 Å². The van der Waals surface area contributed by atoms with Gasteiger partial charge in [0.15, 0.2) is 5.58 Å². The molecule has 2 aromatic heterocycles. The Balaban J connectivity index is 1.32. The van der Waals surface area contributed by atoms with Crippen LogP contribution in [0.3, 0.4) is 0 Å². The average Bonchev–Trinajstić information content (AvgIpc) is 3.45. The van der Waals surface area contributed by atoms with Gasteiger partial charge in [-0.15, -0.1) is 10.2 Å². The van der Waals surface area contributed by atoms with E-state index < -0.39 is 10.0 Å². The number of hydrogen-bond donors (Lipinski definition) is 0. The van der Waals surface area contributed by atoms with Crippen LogP contribution in [0.4, 0.5) is 0 Å². The average molecular weight is 457 g/mol. The number of oxazole rings is 1. The lowest BCUT2D eigenvalue weighted by Gasteiger charge is -2.25. The zero-order valence-electron chi connectivity index (χ0n) is 16.6. The smallest absolute Gasteiger partial charge is 0.277 e. The Morgan fingerprint density at radius 3 is 2.65 bits per heavy atom. The molecular formula is C21H20N4O4S2. The first-order valence-corrected chi connectivity index (χ1v) is 12.4. The van der Waals surface area contributed by atoms with Gasteiger partial charge in [-0.25, -0.2) is 13.4 Å². The maximum Gasteiger partial charge on any atom is 0.277 e. The van der Waals surface area contributed by atoms with Crippen molar-refractivity contribution < 1.29 is 17.3 Å². The summed E-state index contributed by atoms with van der Waals surface area (Å²) < 4.78 is 38.9. The number of piperidine rings is 1. The fourth-order valence-corrected chi connectivity index (χ4v) is 5.70. The van der Waals surface area contributed by atoms with Gasteiger partial charge in [0.1, 0.15) is 5.52 Å². The monoisotopic (exact) mass is 456 g/mol. The summed E-state index contributed by atoms with van der Waals surface area (Å²) in [6, 6.07) is 14.2. The van der Waals surface area contributed by atoms with Crippen molar-refractivity contribution in [3.8, 4) is 11.5 Å². The summed E-state index contributed by atoms with van der Waals surface area (Å²) in [5.41, 5.74) is 2.10. The fraction of sp³-hybridized carbons (Fsp3) is 0.286. The van der Waals surface area contributed by atoms with Crippen LogP contribution in [-0.4, -0.2) is 41.0 Å². The Morgan fingerprint density at radius 2 is 1.81 bits per heavy atom. The molecule has 0 aliphatic carbocycles. The molecule has 0 radical (unpaired) electrons. The van der Waals surface area contributed by atoms with Crippen LogP contribution in [0.1, 0.15) is 25.2 Å². The zero-order valence-corrected chi connectivity index (χ0v) is 18.2. The number of thioether (sulfide) groups is 1. The number of sulfonamides is 1. The Bertz CT molecular complexity index is 1280. The number of fused-ring (bicyclic) bond motifs is 1. The molecule has 1 aliphatic rings. The van der Waals surface area contributed by atoms with Crippen molar-refractivity contribution in [2.24, 2.45) is 0 Å². The van der Waals surface area contributed by atoms with Crippen molar-refractivity contribution in [2.45, 2.75) is 35.1 Å². The van der Waals surface area contributed by atoms with E-state index in [1.807, 2.05) is 24.3 Å². The highest BCUT2D eigenvalue weighted by atomic mass is 32.2. The van der Waals surface area contributed by atoms with Gasteiger partial charge in [-0.2, -0.15) is 4.31 Å². The molecular weight excluding hydrogens is 436 g/mol. The van der Waals surface area contributed by atoms with Crippen molar-refractivity contribution in [1.82, 2.24) is 19.5 Å². The predicted molar refractivity (Wildman–Crippen MR) is 116 cm³/mol. The Hall–Kier alpha value is -2.69. The maximum atomic E-state index is 12.9. The van der Waals surface area contributed by atoms with Gasteiger partial charge < -0.3 is 8.83 Å². The van der Waals surface area contributed by atoms with Gasteiger partial charge in [0, 0.05) is 18.7 Å². The van der Waals surface area contributed by atoms with E-state index in [0.29, 0.717) is 35.5 Å². The first-order chi connectivity index (χ1) is 15.1. The lowest BCUT2D eigenvalue weighted by atomic mass is 10.2. The summed E-state index contributed by atoms with van der Waals surface area (Å²) in [7, 11) is -3.53. The molecule has 0 unspecified atom stereocenters. The van der Waals surface area contributed by atoms with E-state index in [2.05, 4.69) is 15.2 Å². The quantitative estimate of drug-likeness (QED) is 0.395. The molecule has 1 fully saturated rings. The Kier molecular flexibility index (Phi) is 5.51. The SMILES string of the molecule is O=S(=O)(c1cccc(-c2nnc(SCc3nc4ccccc4o3)o2)c1)N1CCCCC1. The van der Waals surface area contributed by atoms with Crippen LogP contribution in [0.25, 0.3) is 22.6 Å². The van der Waals surface area contributed by atoms with Crippen LogP contribution in [0.5, 0.6) is 0 Å². The van der Waals surface area contributed by atoms with E-state index in [9.17, 15) is 8.42 Å². The summed E-state index contributed by atoms with van der Waals surface area (Å²) in [6.45, 7) is 1.12. The van der Waals surface area contributed by atoms with Crippen molar-refractivity contribution in [3.05, 3.63) is 54.4 Å². The molecule has 1 aliphatic heterocycles. The van der Waals surface area contributed by atoms with Crippen molar-refractivity contribution in [3.63, 3.8) is 0 Å². The largest absolute Gasteiger partial charge is 0.440 e. The Labute approximate surface area is 183 Å². The molecule has 2 aromatic carbocycles. The molecule has 0 bridgehead atoms. The minimum atomic E-state index is -3.53. The number of hydrogen-bond acceptors (Lipinski definition) is 8. The van der Waals surface area contributed by atoms with E-state index in [0.717, 1.165) is 30.4 Å². The summed E-state index contributed by atoms with van der Waals surface area (Å²) in [6.07, 6.45) is 2.85. The van der Waals surface area contributed by atoms with Crippen LogP contribution in [0, 0.1) is 0 Å². The van der Waals surface area contributed by atoms with Crippen molar-refractivity contribution in [1.29, 1.82) is 0 Å². The second-order valence-corrected chi connectivity index (χ2v) is 10.1. The van der Waals surface area contributed by atoms with E-state index in [1.54, 1.807) is 28.6 Å². The molecule has 0 N–H and O–H groups in total. The summed E-state index contributed by atoms with van der Waals surface area (Å²) in [4.78, 5) is 4.67. The lowest BCUT2D eigenvalue weighted by Crippen LogP contribution is -2.35. The second kappa shape index (κ2) is 8.45. The molecule has 1 saturated heterocycles. The van der Waals surface area contributed by atoms with Crippen molar-refractivity contribution in [2.75, 3.05) is 13.1 Å². The molecule has 0 amide bonds. The number of benzene rings is 2. The van der Waals surface area contributed by atoms with Gasteiger partial charge in [0.25, 0.3) is 5.22 Å². The minimum Gasteiger partial charge on any atom is -0.440 e. The van der Waals surface area contributed by atoms with Gasteiger partial charge in [0.05, 0.1) is 10.6 Å². The van der Waals surface area contributed by atoms with E-state index in [4.69, 9.17) is 8.83 Å². The molecule has 0 spiro atoms. The fourth-order valence-electron chi connectivity index (χ4n) is 3.53. The second-order valence-electron chi connectivity index (χ2n) is 7.23. The predicted octanol–water partition coefficient (Wildman–Crippen LogP) is 4.34. The van der Waals surface area contributed by atoms with Crippen LogP contribution in [0.2, 0.25) is 0 Å². The van der Waals surface area contributed by atoms with Crippen LogP contribution in [0.15, 0.2) is 67.5 Å². The molecule has 8 nitrogen and oxygen atoms in total. The molecule has 0 atom stereocenters. The van der Waals surface area contributed by atoms with E-state index in [-0.39, 0.29) is 10.8 Å². The maximum absolute atomic E-state index is 12.9. The highest BCUT2D eigenvalue weighted by molar-refractivity contribution is 7.98. The minimum absolute atomic E-state index is 0.241. The zero-order chi connectivity index (χ0) is 21.3. The Morgan fingerprint density at radius 1 is 0.968 bits per heavy atom. The van der Waals surface area contributed by atoms with E-state index >= 15 is 0 Å². The third-order valence-corrected chi connectivity index (χ3v) is 7.80. The van der Waals surface area contributed by atoms with Gasteiger partial charge in [-0.05, 0) is 43.2 Å². The first kappa shape index (κ1) is 20.2. The van der Waals surface area contributed by atoms with Gasteiger partial charge in [-0.3, -0.25) is 0 Å². The highest BCUT2D eigenvalue weighted by Gasteiger charge is 2.26. The molecule has 10 heteroatoms. The summed E-state index contributed by atoms with van der Waals surface area (Å²) in [5, 5.41) is 8.50. The number of nitrogens with zero attached hydrogens (tertiary/aromatic N) is 4. The number of aromatic nitrogens is 3. The van der Waals surface area contributed by atoms with Crippen LogP contribution >= 0.6 is 11.8 Å². The third-order valence-electron chi connectivity index (χ3n) is 5.10. The highest BCUT2D eigenvalue weighted by Crippen LogP contribution is 2.29. The normalized spacial score (nSPS) is 15.5. The topological polar surface area (TPSA) is 102 Å². The molecule has 31 heavy (non-hydrogen) atoms. The number of rotatable bonds is 6. The summed E-state index contributed by atoms with van der Waals surface area (Å²) in [5.74, 6) is 1.29. The molecule has 5 rings (SSSR count). The number of para-hydroxylation sites is 2. The lowest BCUT2D eigenvalue weighted by molar-refractivity contribution is 0.346. The molecule has 160 valence electrons. The third kappa shape index (κ3) is 4.23. The summed E-state index contributed by atoms with van der Waals surface area (Å²) >= 11 is 1.31. The molecule has 3 heterocycles. The standard InChI is InChI=1S/C21H20N4O4S2/c26-31(27,25-11-4-1-5-12-25)16-8-6-7-15(13-16)20-23-24-21(29-20)30-14-19-22-17-9-2-3-10-18(17)28-19/h2-3,6-10,13H,1,4-5,11-12,14H2. The van der Waals surface area contributed by atoms with Crippen LogP contribution < -0.4 is 0 Å². The van der Waals surface area contributed by atoms with Crippen molar-refractivity contribution >= 4 is 32.9 Å². The van der Waals surface area contributed by atoms with Gasteiger partial charge in [-0.1, -0.05) is 36.4 Å². The first-order valence-electron chi connectivity index (χ1n) is 10.0.